The van der Waals surface area contributed by atoms with Gasteiger partial charge >= 0.3 is 0 Å². The van der Waals surface area contributed by atoms with Crippen LogP contribution < -0.4 is 5.32 Å². The number of carbonyl (C=O) groups is 1. The molecule has 0 aliphatic carbocycles. The van der Waals surface area contributed by atoms with Crippen molar-refractivity contribution < 1.29 is 4.79 Å². The van der Waals surface area contributed by atoms with E-state index in [-0.39, 0.29) is 12.2 Å². The highest BCUT2D eigenvalue weighted by atomic mass is 16.2. The topological polar surface area (TPSA) is 32.3 Å². The molecule has 1 heterocycles. The monoisotopic (exact) mass is 138 g/mol. The summed E-state index contributed by atoms with van der Waals surface area (Å²) in [6, 6.07) is 0. The van der Waals surface area contributed by atoms with E-state index < -0.39 is 0 Å². The van der Waals surface area contributed by atoms with Crippen molar-refractivity contribution in [2.45, 2.75) is 6.32 Å². The largest absolute Gasteiger partial charge is 0.341 e. The molecule has 1 rings (SSSR count). The van der Waals surface area contributed by atoms with Gasteiger partial charge in [0.1, 0.15) is 0 Å². The van der Waals surface area contributed by atoms with Crippen LogP contribution in [-0.2, 0) is 4.79 Å². The Kier molecular flexibility index (Phi) is 2.74. The molecule has 1 amide bonds. The van der Waals surface area contributed by atoms with Gasteiger partial charge in [0.25, 0.3) is 0 Å². The zero-order chi connectivity index (χ0) is 7.40. The second-order valence-corrected chi connectivity index (χ2v) is 2.33. The summed E-state index contributed by atoms with van der Waals surface area (Å²) in [5, 5.41) is 3.16. The smallest absolute Gasteiger partial charge is 0.213 e. The third-order valence-corrected chi connectivity index (χ3v) is 1.64. The van der Waals surface area contributed by atoms with E-state index in [2.05, 4.69) is 5.32 Å². The summed E-state index contributed by atoms with van der Waals surface area (Å²) >= 11 is 0. The van der Waals surface area contributed by atoms with E-state index in [1.165, 1.54) is 0 Å². The highest BCUT2D eigenvalue weighted by molar-refractivity contribution is 6.19. The lowest BCUT2D eigenvalue weighted by Gasteiger charge is -2.27. The Balaban J connectivity index is 2.31. The summed E-state index contributed by atoms with van der Waals surface area (Å²) in [6.45, 7) is 3.39. The first-order chi connectivity index (χ1) is 4.84. The lowest BCUT2D eigenvalue weighted by molar-refractivity contribution is -0.129. The van der Waals surface area contributed by atoms with Gasteiger partial charge in [-0.3, -0.25) is 4.79 Å². The van der Waals surface area contributed by atoms with Crippen molar-refractivity contribution in [3.05, 3.63) is 0 Å². The number of rotatable bonds is 1. The van der Waals surface area contributed by atoms with Gasteiger partial charge in [0, 0.05) is 26.2 Å². The minimum absolute atomic E-state index is 0.0569. The van der Waals surface area contributed by atoms with Gasteiger partial charge in [-0.05, 0) is 6.32 Å². The molecule has 0 atom stereocenters. The van der Waals surface area contributed by atoms with Crippen LogP contribution in [0, 0.1) is 0 Å². The maximum Gasteiger partial charge on any atom is 0.213 e. The molecular weight excluding hydrogens is 127 g/mol. The van der Waals surface area contributed by atoms with Gasteiger partial charge in [0.05, 0.1) is 7.85 Å². The molecule has 10 heavy (non-hydrogen) atoms. The quantitative estimate of drug-likeness (QED) is 0.471. The molecule has 3 nitrogen and oxygen atoms in total. The highest BCUT2D eigenvalue weighted by Gasteiger charge is 2.12. The van der Waals surface area contributed by atoms with Crippen LogP contribution in [0.5, 0.6) is 0 Å². The number of nitrogens with one attached hydrogen (secondary N) is 1. The standard InChI is InChI=1S/C6H11BN2O/c7-5-6(10)9-3-1-8-2-4-9/h8H,1-5H2. The minimum atomic E-state index is 0.0569. The molecule has 1 saturated heterocycles. The molecule has 1 fully saturated rings. The average molecular weight is 138 g/mol. The normalized spacial score (nSPS) is 19.0. The SMILES string of the molecule is [B]CC(=O)N1CCNCC1. The van der Waals surface area contributed by atoms with Crippen LogP contribution in [0.4, 0.5) is 0 Å². The molecule has 1 N–H and O–H groups in total. The van der Waals surface area contributed by atoms with Crippen molar-refractivity contribution in [2.75, 3.05) is 26.2 Å². The Morgan fingerprint density at radius 1 is 1.50 bits per heavy atom. The highest BCUT2D eigenvalue weighted by Crippen LogP contribution is 1.94. The fourth-order valence-corrected chi connectivity index (χ4v) is 1.04. The number of hydrogen-bond donors (Lipinski definition) is 1. The number of carbonyl (C=O) groups excluding carboxylic acids is 1. The summed E-state index contributed by atoms with van der Waals surface area (Å²) in [6.07, 6.45) is 0.139. The fraction of sp³-hybridized carbons (Fsp3) is 0.833. The van der Waals surface area contributed by atoms with Crippen molar-refractivity contribution in [3.8, 4) is 0 Å². The molecule has 0 unspecified atom stereocenters. The minimum Gasteiger partial charge on any atom is -0.341 e. The van der Waals surface area contributed by atoms with Gasteiger partial charge in [-0.1, -0.05) is 0 Å². The van der Waals surface area contributed by atoms with Gasteiger partial charge in [-0.15, -0.1) is 0 Å². The van der Waals surface area contributed by atoms with Crippen LogP contribution in [0.1, 0.15) is 0 Å². The zero-order valence-corrected chi connectivity index (χ0v) is 5.97. The summed E-state index contributed by atoms with van der Waals surface area (Å²) in [5.41, 5.74) is 0. The second kappa shape index (κ2) is 3.61. The summed E-state index contributed by atoms with van der Waals surface area (Å²) < 4.78 is 0. The lowest BCUT2D eigenvalue weighted by atomic mass is 10.0. The Morgan fingerprint density at radius 2 is 2.10 bits per heavy atom. The first-order valence-electron chi connectivity index (χ1n) is 3.53. The van der Waals surface area contributed by atoms with Crippen LogP contribution >= 0.6 is 0 Å². The predicted molar refractivity (Wildman–Crippen MR) is 40.0 cm³/mol. The zero-order valence-electron chi connectivity index (χ0n) is 5.97. The number of hydrogen-bond acceptors (Lipinski definition) is 2. The van der Waals surface area contributed by atoms with Crippen LogP contribution in [0.15, 0.2) is 0 Å². The molecule has 0 aromatic carbocycles. The number of piperazine rings is 1. The van der Waals surface area contributed by atoms with E-state index in [4.69, 9.17) is 7.85 Å². The Bertz CT molecular complexity index is 123. The summed E-state index contributed by atoms with van der Waals surface area (Å²) in [4.78, 5) is 12.7. The molecule has 0 spiro atoms. The van der Waals surface area contributed by atoms with Crippen molar-refractivity contribution >= 4 is 13.8 Å². The average Bonchev–Trinajstić information content (AvgIpc) is 2.05. The van der Waals surface area contributed by atoms with Crippen LogP contribution in [0.25, 0.3) is 0 Å². The Hall–Kier alpha value is -0.505. The number of amides is 1. The van der Waals surface area contributed by atoms with Crippen LogP contribution in [0.3, 0.4) is 0 Å². The molecule has 54 valence electrons. The van der Waals surface area contributed by atoms with Gasteiger partial charge in [0.15, 0.2) is 0 Å². The molecule has 0 bridgehead atoms. The van der Waals surface area contributed by atoms with Crippen molar-refractivity contribution in [2.24, 2.45) is 0 Å². The summed E-state index contributed by atoms with van der Waals surface area (Å²) in [7, 11) is 5.19. The molecule has 0 saturated carbocycles. The maximum absolute atomic E-state index is 10.9. The van der Waals surface area contributed by atoms with Gasteiger partial charge in [-0.25, -0.2) is 0 Å². The molecule has 0 aromatic heterocycles. The first-order valence-corrected chi connectivity index (χ1v) is 3.53. The Labute approximate surface area is 62.2 Å². The second-order valence-electron chi connectivity index (χ2n) is 2.33. The van der Waals surface area contributed by atoms with Crippen molar-refractivity contribution in [3.63, 3.8) is 0 Å². The fourth-order valence-electron chi connectivity index (χ4n) is 1.04. The van der Waals surface area contributed by atoms with E-state index in [9.17, 15) is 4.79 Å². The van der Waals surface area contributed by atoms with Gasteiger partial charge in [-0.2, -0.15) is 0 Å². The van der Waals surface area contributed by atoms with Crippen LogP contribution in [-0.4, -0.2) is 44.8 Å². The van der Waals surface area contributed by atoms with E-state index in [0.29, 0.717) is 0 Å². The van der Waals surface area contributed by atoms with E-state index >= 15 is 0 Å². The van der Waals surface area contributed by atoms with Gasteiger partial charge < -0.3 is 10.2 Å². The molecule has 4 heteroatoms. The molecule has 1 aliphatic heterocycles. The molecule has 1 aliphatic rings. The molecule has 0 aromatic rings. The van der Waals surface area contributed by atoms with Crippen LogP contribution in [0.2, 0.25) is 6.32 Å². The van der Waals surface area contributed by atoms with E-state index in [1.807, 2.05) is 0 Å². The van der Waals surface area contributed by atoms with Gasteiger partial charge in [0.2, 0.25) is 5.91 Å². The maximum atomic E-state index is 10.9. The third kappa shape index (κ3) is 1.74. The Morgan fingerprint density at radius 3 is 2.60 bits per heavy atom. The van der Waals surface area contributed by atoms with E-state index in [0.717, 1.165) is 26.2 Å². The first kappa shape index (κ1) is 7.60. The molecular formula is C6H11BN2O. The van der Waals surface area contributed by atoms with Crippen molar-refractivity contribution in [1.82, 2.24) is 10.2 Å². The number of nitrogens with zero attached hydrogens (tertiary/aromatic N) is 1. The predicted octanol–water partition coefficient (Wildman–Crippen LogP) is -0.995. The van der Waals surface area contributed by atoms with E-state index in [1.54, 1.807) is 4.90 Å². The third-order valence-electron chi connectivity index (χ3n) is 1.64. The summed E-state index contributed by atoms with van der Waals surface area (Å²) in [5.74, 6) is 0.0569. The van der Waals surface area contributed by atoms with Crippen molar-refractivity contribution in [1.29, 1.82) is 0 Å². The lowest BCUT2D eigenvalue weighted by Crippen LogP contribution is -2.46. The molecule has 2 radical (unpaired) electrons.